The molecule has 1 aliphatic heterocycles. The number of nitrogens with one attached hydrogen (secondary N) is 1. The molecule has 0 spiro atoms. The van der Waals surface area contributed by atoms with Gasteiger partial charge >= 0.3 is 0 Å². The zero-order chi connectivity index (χ0) is 20.3. The number of amides is 2. The minimum atomic E-state index is -0.213. The summed E-state index contributed by atoms with van der Waals surface area (Å²) in [6, 6.07) is 12.8. The van der Waals surface area contributed by atoms with Gasteiger partial charge in [-0.15, -0.1) is 0 Å². The first-order chi connectivity index (χ1) is 13.4. The quantitative estimate of drug-likeness (QED) is 0.748. The van der Waals surface area contributed by atoms with E-state index in [0.717, 1.165) is 36.1 Å². The number of likely N-dealkylation sites (tertiary alicyclic amines) is 1. The molecule has 5 nitrogen and oxygen atoms in total. The Bertz CT molecular complexity index is 874. The van der Waals surface area contributed by atoms with Crippen molar-refractivity contribution < 1.29 is 9.59 Å². The third-order valence-corrected chi connectivity index (χ3v) is 5.85. The Kier molecular flexibility index (Phi) is 6.39. The highest BCUT2D eigenvalue weighted by Gasteiger charge is 2.24. The van der Waals surface area contributed by atoms with Gasteiger partial charge in [-0.2, -0.15) is 0 Å². The fraction of sp³-hybridized carbons (Fsp3) is 0.364. The molecular formula is C22H26BrN3O2. The summed E-state index contributed by atoms with van der Waals surface area (Å²) in [4.78, 5) is 29.6. The highest BCUT2D eigenvalue weighted by molar-refractivity contribution is 9.10. The summed E-state index contributed by atoms with van der Waals surface area (Å²) in [7, 11) is 3.84. The summed E-state index contributed by atoms with van der Waals surface area (Å²) in [6.07, 6.45) is 2.06. The van der Waals surface area contributed by atoms with Crippen molar-refractivity contribution in [2.24, 2.45) is 5.92 Å². The molecule has 0 unspecified atom stereocenters. The van der Waals surface area contributed by atoms with Crippen LogP contribution in [0.25, 0.3) is 0 Å². The fourth-order valence-corrected chi connectivity index (χ4v) is 3.87. The first-order valence-electron chi connectivity index (χ1n) is 9.53. The second-order valence-corrected chi connectivity index (χ2v) is 8.39. The van der Waals surface area contributed by atoms with E-state index in [-0.39, 0.29) is 11.8 Å². The highest BCUT2D eigenvalue weighted by atomic mass is 79.9. The number of carbonyl (C=O) groups excluding carboxylic acids is 2. The molecule has 3 rings (SSSR count). The number of hydrogen-bond acceptors (Lipinski definition) is 3. The van der Waals surface area contributed by atoms with Crippen LogP contribution in [0, 0.1) is 5.92 Å². The molecule has 2 aromatic rings. The lowest BCUT2D eigenvalue weighted by atomic mass is 9.98. The van der Waals surface area contributed by atoms with Crippen LogP contribution in [0.2, 0.25) is 0 Å². The maximum atomic E-state index is 13.2. The van der Waals surface area contributed by atoms with Gasteiger partial charge in [-0.1, -0.05) is 19.1 Å². The van der Waals surface area contributed by atoms with Crippen LogP contribution in [0.4, 0.5) is 11.4 Å². The molecule has 0 radical (unpaired) electrons. The zero-order valence-corrected chi connectivity index (χ0v) is 18.1. The average molecular weight is 444 g/mol. The number of benzene rings is 2. The van der Waals surface area contributed by atoms with Gasteiger partial charge in [0.15, 0.2) is 0 Å². The Morgan fingerprint density at radius 2 is 1.75 bits per heavy atom. The first kappa shape index (κ1) is 20.4. The van der Waals surface area contributed by atoms with Gasteiger partial charge in [-0.3, -0.25) is 9.59 Å². The number of nitrogens with zero attached hydrogens (tertiary/aromatic N) is 2. The molecule has 0 saturated carbocycles. The molecule has 0 bridgehead atoms. The van der Waals surface area contributed by atoms with Gasteiger partial charge in [0.05, 0.1) is 11.1 Å². The van der Waals surface area contributed by atoms with Crippen molar-refractivity contribution in [3.05, 3.63) is 58.1 Å². The van der Waals surface area contributed by atoms with Crippen molar-refractivity contribution in [3.8, 4) is 0 Å². The molecule has 6 heteroatoms. The smallest absolute Gasteiger partial charge is 0.256 e. The second-order valence-electron chi connectivity index (χ2n) is 7.54. The second kappa shape index (κ2) is 8.78. The molecule has 28 heavy (non-hydrogen) atoms. The van der Waals surface area contributed by atoms with E-state index >= 15 is 0 Å². The lowest BCUT2D eigenvalue weighted by Crippen LogP contribution is -2.38. The van der Waals surface area contributed by atoms with Crippen LogP contribution in [-0.4, -0.2) is 43.9 Å². The van der Waals surface area contributed by atoms with Crippen LogP contribution in [0.1, 0.15) is 40.5 Å². The minimum absolute atomic E-state index is 0.0209. The van der Waals surface area contributed by atoms with Crippen LogP contribution >= 0.6 is 15.9 Å². The predicted molar refractivity (Wildman–Crippen MR) is 117 cm³/mol. The number of hydrogen-bond donors (Lipinski definition) is 1. The van der Waals surface area contributed by atoms with Crippen LogP contribution in [-0.2, 0) is 0 Å². The molecule has 2 aromatic carbocycles. The highest BCUT2D eigenvalue weighted by Crippen LogP contribution is 2.27. The topological polar surface area (TPSA) is 52.7 Å². The summed E-state index contributed by atoms with van der Waals surface area (Å²) >= 11 is 3.41. The predicted octanol–water partition coefficient (Wildman–Crippen LogP) is 4.64. The molecule has 1 heterocycles. The van der Waals surface area contributed by atoms with Gasteiger partial charge in [0.2, 0.25) is 0 Å². The number of anilines is 2. The Morgan fingerprint density at radius 1 is 1.07 bits per heavy atom. The molecule has 1 fully saturated rings. The monoisotopic (exact) mass is 443 g/mol. The Balaban J connectivity index is 1.86. The van der Waals surface area contributed by atoms with Gasteiger partial charge in [0.1, 0.15) is 0 Å². The summed E-state index contributed by atoms with van der Waals surface area (Å²) in [5.41, 5.74) is 2.63. The fourth-order valence-electron chi connectivity index (χ4n) is 3.40. The lowest BCUT2D eigenvalue weighted by Gasteiger charge is -2.31. The van der Waals surface area contributed by atoms with Crippen LogP contribution < -0.4 is 10.2 Å². The number of halogens is 1. The zero-order valence-electron chi connectivity index (χ0n) is 16.5. The van der Waals surface area contributed by atoms with E-state index in [0.29, 0.717) is 22.7 Å². The molecule has 1 aliphatic rings. The molecule has 0 aliphatic carbocycles. The van der Waals surface area contributed by atoms with Crippen LogP contribution in [0.5, 0.6) is 0 Å². The summed E-state index contributed by atoms with van der Waals surface area (Å²) < 4.78 is 0.733. The van der Waals surface area contributed by atoms with Crippen molar-refractivity contribution in [1.82, 2.24) is 4.90 Å². The molecular weight excluding hydrogens is 418 g/mol. The van der Waals surface area contributed by atoms with E-state index < -0.39 is 0 Å². The summed E-state index contributed by atoms with van der Waals surface area (Å²) in [6.45, 7) is 3.78. The molecule has 0 aromatic heterocycles. The third kappa shape index (κ3) is 4.55. The molecule has 2 amide bonds. The summed E-state index contributed by atoms with van der Waals surface area (Å²) in [5, 5.41) is 2.91. The lowest BCUT2D eigenvalue weighted by molar-refractivity contribution is 0.0697. The van der Waals surface area contributed by atoms with E-state index in [1.807, 2.05) is 54.2 Å². The van der Waals surface area contributed by atoms with Gasteiger partial charge in [0, 0.05) is 43.0 Å². The number of carbonyl (C=O) groups is 2. The van der Waals surface area contributed by atoms with Gasteiger partial charge in [-0.05, 0) is 65.0 Å². The summed E-state index contributed by atoms with van der Waals surface area (Å²) in [5.74, 6) is 0.468. The maximum absolute atomic E-state index is 13.2. The third-order valence-electron chi connectivity index (χ3n) is 5.16. The molecule has 1 saturated heterocycles. The van der Waals surface area contributed by atoms with E-state index in [9.17, 15) is 9.59 Å². The van der Waals surface area contributed by atoms with E-state index in [2.05, 4.69) is 28.2 Å². The Hall–Kier alpha value is -2.34. The van der Waals surface area contributed by atoms with Crippen molar-refractivity contribution in [3.63, 3.8) is 0 Å². The van der Waals surface area contributed by atoms with Crippen molar-refractivity contribution in [1.29, 1.82) is 0 Å². The van der Waals surface area contributed by atoms with E-state index in [1.165, 1.54) is 0 Å². The van der Waals surface area contributed by atoms with Crippen LogP contribution in [0.15, 0.2) is 46.9 Å². The number of rotatable bonds is 4. The Labute approximate surface area is 174 Å². The largest absolute Gasteiger partial charge is 0.377 e. The van der Waals surface area contributed by atoms with Crippen molar-refractivity contribution in [2.45, 2.75) is 19.8 Å². The van der Waals surface area contributed by atoms with E-state index in [1.54, 1.807) is 12.1 Å². The van der Waals surface area contributed by atoms with Gasteiger partial charge in [0.25, 0.3) is 11.8 Å². The van der Waals surface area contributed by atoms with E-state index in [4.69, 9.17) is 0 Å². The standard InChI is InChI=1S/C22H26BrN3O2/c1-15-10-12-26(13-11-15)22(28)18-14-16(8-9-20(18)25(2)3)24-21(27)17-6-4-5-7-19(17)23/h4-9,14-15H,10-13H2,1-3H3,(H,24,27). The normalized spacial score (nSPS) is 14.6. The van der Waals surface area contributed by atoms with Gasteiger partial charge in [-0.25, -0.2) is 0 Å². The van der Waals surface area contributed by atoms with Crippen molar-refractivity contribution >= 4 is 39.1 Å². The first-order valence-corrected chi connectivity index (χ1v) is 10.3. The molecule has 0 atom stereocenters. The van der Waals surface area contributed by atoms with Crippen LogP contribution in [0.3, 0.4) is 0 Å². The van der Waals surface area contributed by atoms with Crippen molar-refractivity contribution in [2.75, 3.05) is 37.4 Å². The van der Waals surface area contributed by atoms with Gasteiger partial charge < -0.3 is 15.1 Å². The molecule has 148 valence electrons. The average Bonchev–Trinajstić information content (AvgIpc) is 2.68. The number of piperidine rings is 1. The maximum Gasteiger partial charge on any atom is 0.256 e. The minimum Gasteiger partial charge on any atom is -0.377 e. The Morgan fingerprint density at radius 3 is 2.39 bits per heavy atom. The SMILES string of the molecule is CC1CCN(C(=O)c2cc(NC(=O)c3ccccc3Br)ccc2N(C)C)CC1. The molecule has 1 N–H and O–H groups in total.